The van der Waals surface area contributed by atoms with Gasteiger partial charge in [-0.25, -0.2) is 33.1 Å². The zero-order valence-corrected chi connectivity index (χ0v) is 44.6. The fourth-order valence-corrected chi connectivity index (χ4v) is 11.1. The summed E-state index contributed by atoms with van der Waals surface area (Å²) in [6.07, 6.45) is 5.20. The highest BCUT2D eigenvalue weighted by Crippen LogP contribution is 2.40. The van der Waals surface area contributed by atoms with Gasteiger partial charge in [0.1, 0.15) is 17.8 Å². The second kappa shape index (κ2) is 24.8. The van der Waals surface area contributed by atoms with Crippen molar-refractivity contribution in [1.29, 1.82) is 0 Å². The maximum atomic E-state index is 14.5. The van der Waals surface area contributed by atoms with Gasteiger partial charge in [-0.2, -0.15) is 0 Å². The highest BCUT2D eigenvalue weighted by Gasteiger charge is 2.42. The van der Waals surface area contributed by atoms with Crippen LogP contribution in [-0.2, 0) is 9.59 Å². The molecule has 2 fully saturated rings. The van der Waals surface area contributed by atoms with Crippen molar-refractivity contribution in [2.24, 2.45) is 11.8 Å². The van der Waals surface area contributed by atoms with Crippen molar-refractivity contribution in [3.8, 4) is 0 Å². The summed E-state index contributed by atoms with van der Waals surface area (Å²) in [5.41, 5.74) is 8.59. The Hall–Kier alpha value is -6.61. The van der Waals surface area contributed by atoms with E-state index in [4.69, 9.17) is 4.98 Å². The number of pyridine rings is 2. The molecule has 4 amide bonds. The second-order valence-electron chi connectivity index (χ2n) is 20.3. The molecule has 4 aromatic heterocycles. The minimum Gasteiger partial charge on any atom is -0.382 e. The molecule has 6 aromatic rings. The molecule has 4 heterocycles. The fourth-order valence-electron chi connectivity index (χ4n) is 9.68. The Morgan fingerprint density at radius 3 is 2.05 bits per heavy atom. The molecular weight excluding hydrogens is 1000 g/mol. The fraction of sp³-hybridized carbons (Fsp3) is 0.481. The number of nitrogens with one attached hydrogen (secondary N) is 7. The molecule has 0 spiro atoms. The third-order valence-electron chi connectivity index (χ3n) is 13.7. The van der Waals surface area contributed by atoms with Crippen LogP contribution >= 0.6 is 22.7 Å². The van der Waals surface area contributed by atoms with E-state index in [0.717, 1.165) is 31.8 Å². The Morgan fingerprint density at radius 1 is 0.733 bits per heavy atom. The molecule has 75 heavy (non-hydrogen) atoms. The zero-order chi connectivity index (χ0) is 53.2. The molecule has 8 rings (SSSR count). The normalized spacial score (nSPS) is 18.5. The number of halogens is 3. The van der Waals surface area contributed by atoms with Gasteiger partial charge >= 0.3 is 0 Å². The molecule has 2 unspecified atom stereocenters. The van der Waals surface area contributed by atoms with Crippen LogP contribution in [0.15, 0.2) is 71.9 Å². The van der Waals surface area contributed by atoms with Crippen molar-refractivity contribution >= 4 is 101 Å². The predicted molar refractivity (Wildman–Crippen MR) is 293 cm³/mol. The monoisotopic (exact) mass is 1070 g/mol. The van der Waals surface area contributed by atoms with E-state index in [1.54, 1.807) is 30.2 Å². The van der Waals surface area contributed by atoms with Gasteiger partial charge in [-0.15, -0.1) is 22.7 Å². The lowest BCUT2D eigenvalue weighted by Gasteiger charge is -2.31. The lowest BCUT2D eigenvalue weighted by molar-refractivity contribution is -0.131. The number of carbonyl (C=O) groups excluding carboxylic acids is 4. The number of amides is 4. The number of thiazole rings is 2. The quantitative estimate of drug-likeness (QED) is 0.0320. The van der Waals surface area contributed by atoms with Gasteiger partial charge in [-0.05, 0) is 116 Å². The van der Waals surface area contributed by atoms with Gasteiger partial charge in [0, 0.05) is 104 Å². The minimum absolute atomic E-state index is 0.0452. The van der Waals surface area contributed by atoms with Crippen LogP contribution in [0.1, 0.15) is 120 Å². The molecule has 0 radical (unpaired) electrons. The van der Waals surface area contributed by atoms with Crippen molar-refractivity contribution in [2.75, 3.05) is 40.5 Å². The van der Waals surface area contributed by atoms with E-state index >= 15 is 0 Å². The first-order chi connectivity index (χ1) is 36.0. The third-order valence-corrected chi connectivity index (χ3v) is 15.3. The molecule has 21 heteroatoms. The number of benzene rings is 2. The standard InChI is InChI=1S/C54H67F3N12O4S2/c1-31(2)64-45-25-49(61-27-41(45)53(73)59-19-16-33(4)67-51(71)35-9-10-37(55)20-35)69(39-12-14-43-47(23-39)75-30-63-43)28-34(5)65-44-24-48(68-38-11-13-42-46(22-38)74-29-62-42)60-26-40(44)52(72)58-18-15-32(3)66-50(70)21-36-8-6-7-17-54(36,56)57/h11-14,22-27,29-37H,6-10,15-21,28H2,1-5H3,(H,58,72)(H,59,73)(H,61,64)(H,66,70)(H,67,71)(H2,60,65,68)/t32-,33-,34?,35-,36?,37-/m1/s1. The van der Waals surface area contributed by atoms with E-state index in [1.165, 1.54) is 28.9 Å². The number of hydrogen-bond donors (Lipinski definition) is 7. The summed E-state index contributed by atoms with van der Waals surface area (Å²) in [5.74, 6) is -4.42. The minimum atomic E-state index is -2.85. The van der Waals surface area contributed by atoms with Crippen LogP contribution in [0.3, 0.4) is 0 Å². The summed E-state index contributed by atoms with van der Waals surface area (Å²) in [5, 5.41) is 22.2. The van der Waals surface area contributed by atoms with Crippen LogP contribution < -0.4 is 42.1 Å². The summed E-state index contributed by atoms with van der Waals surface area (Å²) >= 11 is 3.03. The number of hydrogen-bond acceptors (Lipinski definition) is 14. The van der Waals surface area contributed by atoms with Crippen molar-refractivity contribution < 1.29 is 32.3 Å². The molecule has 2 aliphatic rings. The van der Waals surface area contributed by atoms with E-state index < -0.39 is 29.8 Å². The van der Waals surface area contributed by atoms with E-state index in [0.29, 0.717) is 86.6 Å². The average molecular weight is 1070 g/mol. The molecular formula is C54H67F3N12O4S2. The number of anilines is 6. The van der Waals surface area contributed by atoms with E-state index in [2.05, 4.69) is 52.2 Å². The summed E-state index contributed by atoms with van der Waals surface area (Å²) in [7, 11) is 0. The van der Waals surface area contributed by atoms with Crippen LogP contribution in [0, 0.1) is 11.8 Å². The molecule has 400 valence electrons. The van der Waals surface area contributed by atoms with Gasteiger partial charge in [0.15, 0.2) is 0 Å². The summed E-state index contributed by atoms with van der Waals surface area (Å²) < 4.78 is 44.7. The lowest BCUT2D eigenvalue weighted by Crippen LogP contribution is -2.40. The van der Waals surface area contributed by atoms with E-state index in [-0.39, 0.29) is 73.3 Å². The summed E-state index contributed by atoms with van der Waals surface area (Å²) in [6.45, 7) is 10.4. The Bertz CT molecular complexity index is 2960. The molecule has 7 N–H and O–H groups in total. The molecule has 6 atom stereocenters. The molecule has 16 nitrogen and oxygen atoms in total. The van der Waals surface area contributed by atoms with Gasteiger partial charge < -0.3 is 42.1 Å². The number of nitrogens with zero attached hydrogens (tertiary/aromatic N) is 5. The van der Waals surface area contributed by atoms with Crippen LogP contribution in [0.25, 0.3) is 20.4 Å². The average Bonchev–Trinajstić information content (AvgIpc) is 4.15. The molecule has 2 aliphatic carbocycles. The predicted octanol–water partition coefficient (Wildman–Crippen LogP) is 10.5. The third kappa shape index (κ3) is 14.6. The van der Waals surface area contributed by atoms with Crippen LogP contribution in [0.4, 0.5) is 47.6 Å². The van der Waals surface area contributed by atoms with Crippen LogP contribution in [0.5, 0.6) is 0 Å². The Morgan fingerprint density at radius 2 is 1.39 bits per heavy atom. The summed E-state index contributed by atoms with van der Waals surface area (Å²) in [4.78, 5) is 73.8. The molecule has 0 aliphatic heterocycles. The molecule has 0 saturated heterocycles. The van der Waals surface area contributed by atoms with Gasteiger partial charge in [-0.3, -0.25) is 19.2 Å². The van der Waals surface area contributed by atoms with Crippen LogP contribution in [-0.4, -0.2) is 99.5 Å². The van der Waals surface area contributed by atoms with Crippen molar-refractivity contribution in [3.05, 3.63) is 83.1 Å². The van der Waals surface area contributed by atoms with Crippen LogP contribution in [0.2, 0.25) is 0 Å². The Kier molecular flexibility index (Phi) is 18.1. The van der Waals surface area contributed by atoms with Gasteiger partial charge in [0.2, 0.25) is 11.8 Å². The number of rotatable bonds is 23. The van der Waals surface area contributed by atoms with Gasteiger partial charge in [-0.1, -0.05) is 6.42 Å². The first kappa shape index (κ1) is 54.6. The lowest BCUT2D eigenvalue weighted by atomic mass is 9.83. The Labute approximate surface area is 443 Å². The largest absolute Gasteiger partial charge is 0.382 e. The molecule has 2 aromatic carbocycles. The topological polar surface area (TPSA) is 207 Å². The highest BCUT2D eigenvalue weighted by atomic mass is 32.1. The first-order valence-corrected chi connectivity index (χ1v) is 27.7. The van der Waals surface area contributed by atoms with Crippen molar-refractivity contribution in [2.45, 2.75) is 135 Å². The van der Waals surface area contributed by atoms with Gasteiger partial charge in [0.05, 0.1) is 54.0 Å². The maximum Gasteiger partial charge on any atom is 0.254 e. The number of alkyl halides is 3. The number of aromatic nitrogens is 4. The van der Waals surface area contributed by atoms with E-state index in [9.17, 15) is 32.3 Å². The highest BCUT2D eigenvalue weighted by molar-refractivity contribution is 7.17. The summed E-state index contributed by atoms with van der Waals surface area (Å²) in [6, 6.07) is 14.4. The first-order valence-electron chi connectivity index (χ1n) is 25.9. The molecule has 2 saturated carbocycles. The zero-order valence-electron chi connectivity index (χ0n) is 43.0. The number of carbonyl (C=O) groups is 4. The Balaban J connectivity index is 0.993. The number of fused-ring (bicyclic) bond motifs is 2. The smallest absolute Gasteiger partial charge is 0.254 e. The van der Waals surface area contributed by atoms with Crippen molar-refractivity contribution in [3.63, 3.8) is 0 Å². The maximum absolute atomic E-state index is 14.5. The molecule has 0 bridgehead atoms. The van der Waals surface area contributed by atoms with Gasteiger partial charge in [0.25, 0.3) is 17.7 Å². The SMILES string of the molecule is CC(C)Nc1cc(N(CC(C)Nc2cc(Nc3ccc4ncsc4c3)ncc2C(=O)NCC[C@@H](C)NC(=O)CC2CCCCC2(F)F)c2ccc3ncsc3c2)ncc1C(=O)NCC[C@@H](C)NC(=O)[C@@H]1CC[C@@H](F)C1. The second-order valence-corrected chi connectivity index (χ2v) is 22.1. The van der Waals surface area contributed by atoms with Crippen molar-refractivity contribution in [1.82, 2.24) is 41.2 Å². The van der Waals surface area contributed by atoms with E-state index in [1.807, 2.05) is 75.1 Å².